The van der Waals surface area contributed by atoms with Crippen LogP contribution in [0, 0.1) is 5.41 Å². The minimum absolute atomic E-state index is 0.703. The first-order chi connectivity index (χ1) is 6.40. The first kappa shape index (κ1) is 7.80. The van der Waals surface area contributed by atoms with Crippen molar-refractivity contribution in [1.29, 1.82) is 5.41 Å². The SMILES string of the molecule is N=COc1ccc2ccccc2c1. The summed E-state index contributed by atoms with van der Waals surface area (Å²) in [4.78, 5) is 0. The summed E-state index contributed by atoms with van der Waals surface area (Å²) >= 11 is 0. The van der Waals surface area contributed by atoms with Gasteiger partial charge in [0.25, 0.3) is 0 Å². The summed E-state index contributed by atoms with van der Waals surface area (Å²) in [5.41, 5.74) is 0. The van der Waals surface area contributed by atoms with Crippen LogP contribution in [0.3, 0.4) is 0 Å². The van der Waals surface area contributed by atoms with Crippen molar-refractivity contribution >= 4 is 17.2 Å². The highest BCUT2D eigenvalue weighted by atomic mass is 16.5. The molecule has 0 amide bonds. The number of benzene rings is 2. The van der Waals surface area contributed by atoms with Crippen LogP contribution in [0.2, 0.25) is 0 Å². The Hall–Kier alpha value is -1.83. The first-order valence-electron chi connectivity index (χ1n) is 4.04. The Morgan fingerprint density at radius 1 is 1.00 bits per heavy atom. The maximum Gasteiger partial charge on any atom is 0.173 e. The highest BCUT2D eigenvalue weighted by molar-refractivity contribution is 5.84. The second-order valence-electron chi connectivity index (χ2n) is 2.74. The van der Waals surface area contributed by atoms with Gasteiger partial charge in [-0.15, -0.1) is 0 Å². The normalized spacial score (nSPS) is 9.85. The van der Waals surface area contributed by atoms with Crippen LogP contribution in [-0.4, -0.2) is 6.40 Å². The van der Waals surface area contributed by atoms with Crippen LogP contribution in [-0.2, 0) is 0 Å². The van der Waals surface area contributed by atoms with Gasteiger partial charge in [-0.05, 0) is 22.9 Å². The van der Waals surface area contributed by atoms with E-state index in [1.807, 2.05) is 42.5 Å². The van der Waals surface area contributed by atoms with Gasteiger partial charge >= 0.3 is 0 Å². The summed E-state index contributed by atoms with van der Waals surface area (Å²) in [5.74, 6) is 0.703. The summed E-state index contributed by atoms with van der Waals surface area (Å²) in [6, 6.07) is 13.8. The van der Waals surface area contributed by atoms with Crippen molar-refractivity contribution in [3.63, 3.8) is 0 Å². The van der Waals surface area contributed by atoms with Gasteiger partial charge < -0.3 is 4.74 Å². The predicted molar refractivity (Wildman–Crippen MR) is 53.4 cm³/mol. The highest BCUT2D eigenvalue weighted by Gasteiger charge is 1.94. The molecule has 2 rings (SSSR count). The minimum Gasteiger partial charge on any atom is -0.446 e. The van der Waals surface area contributed by atoms with E-state index in [0.717, 1.165) is 11.8 Å². The van der Waals surface area contributed by atoms with E-state index >= 15 is 0 Å². The van der Waals surface area contributed by atoms with Crippen molar-refractivity contribution < 1.29 is 4.74 Å². The summed E-state index contributed by atoms with van der Waals surface area (Å²) in [6.45, 7) is 0. The Morgan fingerprint density at radius 2 is 1.77 bits per heavy atom. The van der Waals surface area contributed by atoms with E-state index in [-0.39, 0.29) is 0 Å². The molecular weight excluding hydrogens is 162 g/mol. The molecule has 13 heavy (non-hydrogen) atoms. The molecule has 0 bridgehead atoms. The van der Waals surface area contributed by atoms with Gasteiger partial charge in [0.15, 0.2) is 6.40 Å². The fourth-order valence-corrected chi connectivity index (χ4v) is 1.31. The number of ether oxygens (including phenoxy) is 1. The predicted octanol–water partition coefficient (Wildman–Crippen LogP) is 2.83. The number of hydrogen-bond donors (Lipinski definition) is 1. The molecule has 0 aliphatic heterocycles. The number of rotatable bonds is 2. The minimum atomic E-state index is 0.703. The molecule has 0 fully saturated rings. The zero-order valence-corrected chi connectivity index (χ0v) is 7.03. The number of nitrogens with one attached hydrogen (secondary N) is 1. The molecule has 2 heteroatoms. The number of fused-ring (bicyclic) bond motifs is 1. The average molecular weight is 171 g/mol. The van der Waals surface area contributed by atoms with Gasteiger partial charge in [0.05, 0.1) is 0 Å². The maximum atomic E-state index is 6.80. The lowest BCUT2D eigenvalue weighted by molar-refractivity contribution is 0.571. The zero-order valence-electron chi connectivity index (χ0n) is 7.03. The molecule has 1 N–H and O–H groups in total. The molecule has 0 atom stereocenters. The molecule has 2 nitrogen and oxygen atoms in total. The zero-order chi connectivity index (χ0) is 9.10. The van der Waals surface area contributed by atoms with Crippen LogP contribution < -0.4 is 4.74 Å². The third-order valence-electron chi connectivity index (χ3n) is 1.92. The Bertz CT molecular complexity index is 437. The third kappa shape index (κ3) is 1.51. The van der Waals surface area contributed by atoms with E-state index in [0.29, 0.717) is 5.75 Å². The fraction of sp³-hybridized carbons (Fsp3) is 0. The Labute approximate surface area is 76.3 Å². The smallest absolute Gasteiger partial charge is 0.173 e. The largest absolute Gasteiger partial charge is 0.446 e. The van der Waals surface area contributed by atoms with Crippen molar-refractivity contribution in [2.24, 2.45) is 0 Å². The summed E-state index contributed by atoms with van der Waals surface area (Å²) in [6.07, 6.45) is 0.935. The highest BCUT2D eigenvalue weighted by Crippen LogP contribution is 2.19. The molecule has 2 aromatic rings. The van der Waals surface area contributed by atoms with Gasteiger partial charge in [-0.25, -0.2) is 0 Å². The van der Waals surface area contributed by atoms with Gasteiger partial charge in [0, 0.05) is 0 Å². The summed E-state index contributed by atoms with van der Waals surface area (Å²) < 4.78 is 4.96. The van der Waals surface area contributed by atoms with Gasteiger partial charge in [0.1, 0.15) is 5.75 Å². The Morgan fingerprint density at radius 3 is 2.54 bits per heavy atom. The molecule has 64 valence electrons. The van der Waals surface area contributed by atoms with Crippen molar-refractivity contribution in [3.8, 4) is 5.75 Å². The summed E-state index contributed by atoms with van der Waals surface area (Å²) in [5, 5.41) is 9.11. The molecule has 2 aromatic carbocycles. The lowest BCUT2D eigenvalue weighted by Gasteiger charge is -2.00. The van der Waals surface area contributed by atoms with Crippen LogP contribution in [0.15, 0.2) is 42.5 Å². The maximum absolute atomic E-state index is 6.80. The van der Waals surface area contributed by atoms with E-state index in [9.17, 15) is 0 Å². The lowest BCUT2D eigenvalue weighted by Crippen LogP contribution is -1.86. The number of hydrogen-bond acceptors (Lipinski definition) is 2. The van der Waals surface area contributed by atoms with E-state index < -0.39 is 0 Å². The van der Waals surface area contributed by atoms with Crippen LogP contribution in [0.25, 0.3) is 10.8 Å². The standard InChI is InChI=1S/C11H9NO/c12-8-13-11-6-5-9-3-1-2-4-10(9)7-11/h1-8,12H. The molecule has 0 radical (unpaired) electrons. The van der Waals surface area contributed by atoms with Gasteiger partial charge in [-0.2, -0.15) is 0 Å². The van der Waals surface area contributed by atoms with E-state index in [2.05, 4.69) is 0 Å². The van der Waals surface area contributed by atoms with E-state index in [4.69, 9.17) is 10.1 Å². The summed E-state index contributed by atoms with van der Waals surface area (Å²) in [7, 11) is 0. The van der Waals surface area contributed by atoms with Crippen molar-refractivity contribution in [2.75, 3.05) is 0 Å². The molecule has 0 aliphatic rings. The molecule has 0 saturated carbocycles. The van der Waals surface area contributed by atoms with Crippen molar-refractivity contribution in [1.82, 2.24) is 0 Å². The Kier molecular flexibility index (Phi) is 1.96. The van der Waals surface area contributed by atoms with Gasteiger partial charge in [0.2, 0.25) is 0 Å². The molecule has 0 unspecified atom stereocenters. The Balaban J connectivity index is 2.55. The third-order valence-corrected chi connectivity index (χ3v) is 1.92. The topological polar surface area (TPSA) is 33.1 Å². The molecule has 0 saturated heterocycles. The average Bonchev–Trinajstić information content (AvgIpc) is 2.18. The first-order valence-corrected chi connectivity index (χ1v) is 4.04. The molecular formula is C11H9NO. The monoisotopic (exact) mass is 171 g/mol. The van der Waals surface area contributed by atoms with Crippen molar-refractivity contribution in [2.45, 2.75) is 0 Å². The van der Waals surface area contributed by atoms with Crippen molar-refractivity contribution in [3.05, 3.63) is 42.5 Å². The molecule has 0 aliphatic carbocycles. The second kappa shape index (κ2) is 3.27. The second-order valence-corrected chi connectivity index (χ2v) is 2.74. The fourth-order valence-electron chi connectivity index (χ4n) is 1.31. The lowest BCUT2D eigenvalue weighted by atomic mass is 10.1. The van der Waals surface area contributed by atoms with Crippen LogP contribution in [0.4, 0.5) is 0 Å². The van der Waals surface area contributed by atoms with E-state index in [1.165, 1.54) is 5.39 Å². The molecule has 0 heterocycles. The quantitative estimate of drug-likeness (QED) is 0.547. The van der Waals surface area contributed by atoms with Crippen LogP contribution >= 0.6 is 0 Å². The van der Waals surface area contributed by atoms with Gasteiger partial charge in [-0.1, -0.05) is 30.3 Å². The molecule has 0 spiro atoms. The van der Waals surface area contributed by atoms with Gasteiger partial charge in [-0.3, -0.25) is 5.41 Å². The van der Waals surface area contributed by atoms with E-state index in [1.54, 1.807) is 0 Å². The molecule has 0 aromatic heterocycles. The van der Waals surface area contributed by atoms with Crippen LogP contribution in [0.1, 0.15) is 0 Å². The van der Waals surface area contributed by atoms with Crippen LogP contribution in [0.5, 0.6) is 5.75 Å².